The van der Waals surface area contributed by atoms with Crippen LogP contribution in [-0.4, -0.2) is 27.6 Å². The Morgan fingerprint density at radius 1 is 1.04 bits per heavy atom. The predicted octanol–water partition coefficient (Wildman–Crippen LogP) is 4.25. The Balaban J connectivity index is 1.73. The van der Waals surface area contributed by atoms with E-state index in [9.17, 15) is 4.79 Å². The van der Waals surface area contributed by atoms with E-state index in [0.717, 1.165) is 27.7 Å². The molecule has 0 amide bonds. The van der Waals surface area contributed by atoms with Gasteiger partial charge in [-0.05, 0) is 30.5 Å². The molecule has 0 aliphatic carbocycles. The van der Waals surface area contributed by atoms with Crippen LogP contribution in [0.25, 0.3) is 33.5 Å². The zero-order chi connectivity index (χ0) is 18.8. The highest BCUT2D eigenvalue weighted by Crippen LogP contribution is 2.25. The second-order valence-electron chi connectivity index (χ2n) is 6.42. The SMILES string of the molecule is COC(=O)Cn1ccc2ccc(-c3nccc(-c4ccc(C)cc4)n3)cc21. The summed E-state index contributed by atoms with van der Waals surface area (Å²) in [4.78, 5) is 20.8. The third-order valence-electron chi connectivity index (χ3n) is 4.56. The molecule has 0 aliphatic rings. The highest BCUT2D eigenvalue weighted by atomic mass is 16.5. The quantitative estimate of drug-likeness (QED) is 0.513. The maximum Gasteiger partial charge on any atom is 0.325 e. The fourth-order valence-electron chi connectivity index (χ4n) is 3.05. The van der Waals surface area contributed by atoms with Gasteiger partial charge in [-0.3, -0.25) is 4.79 Å². The van der Waals surface area contributed by atoms with Crippen LogP contribution in [0.15, 0.2) is 67.0 Å². The summed E-state index contributed by atoms with van der Waals surface area (Å²) in [5.41, 5.74) is 5.00. The van der Waals surface area contributed by atoms with E-state index in [-0.39, 0.29) is 12.5 Å². The molecule has 4 aromatic rings. The van der Waals surface area contributed by atoms with Crippen molar-refractivity contribution in [2.24, 2.45) is 0 Å². The van der Waals surface area contributed by atoms with Crippen LogP contribution in [0.4, 0.5) is 0 Å². The van der Waals surface area contributed by atoms with E-state index < -0.39 is 0 Å². The Morgan fingerprint density at radius 3 is 2.59 bits per heavy atom. The molecule has 0 saturated heterocycles. The number of fused-ring (bicyclic) bond motifs is 1. The standard InChI is InChI=1S/C22H19N3O2/c1-15-3-5-16(6-4-15)19-9-11-23-22(24-19)18-8-7-17-10-12-25(20(17)13-18)14-21(26)27-2/h3-13H,14H2,1-2H3. The first-order chi connectivity index (χ1) is 13.1. The van der Waals surface area contributed by atoms with E-state index in [0.29, 0.717) is 5.82 Å². The van der Waals surface area contributed by atoms with Gasteiger partial charge in [0.05, 0.1) is 12.8 Å². The van der Waals surface area contributed by atoms with Crippen molar-refractivity contribution in [2.75, 3.05) is 7.11 Å². The Morgan fingerprint density at radius 2 is 1.81 bits per heavy atom. The molecule has 5 nitrogen and oxygen atoms in total. The van der Waals surface area contributed by atoms with E-state index in [4.69, 9.17) is 9.72 Å². The molecule has 0 atom stereocenters. The first kappa shape index (κ1) is 17.0. The summed E-state index contributed by atoms with van der Waals surface area (Å²) in [6.45, 7) is 2.24. The Bertz CT molecular complexity index is 1110. The van der Waals surface area contributed by atoms with E-state index in [1.807, 2.05) is 41.1 Å². The largest absolute Gasteiger partial charge is 0.468 e. The molecule has 0 N–H and O–H groups in total. The number of carbonyl (C=O) groups excluding carboxylic acids is 1. The summed E-state index contributed by atoms with van der Waals surface area (Å²) < 4.78 is 6.65. The van der Waals surface area contributed by atoms with E-state index in [1.54, 1.807) is 6.20 Å². The molecule has 0 aliphatic heterocycles. The van der Waals surface area contributed by atoms with Gasteiger partial charge < -0.3 is 9.30 Å². The third-order valence-corrected chi connectivity index (χ3v) is 4.56. The fraction of sp³-hybridized carbons (Fsp3) is 0.136. The van der Waals surface area contributed by atoms with Crippen molar-refractivity contribution in [3.05, 3.63) is 72.6 Å². The molecule has 134 valence electrons. The number of nitrogens with zero attached hydrogens (tertiary/aromatic N) is 3. The molecule has 0 saturated carbocycles. The lowest BCUT2D eigenvalue weighted by Crippen LogP contribution is -2.10. The van der Waals surface area contributed by atoms with Crippen LogP contribution in [0.1, 0.15) is 5.56 Å². The molecule has 2 aromatic heterocycles. The molecule has 0 bridgehead atoms. The summed E-state index contributed by atoms with van der Waals surface area (Å²) in [6.07, 6.45) is 3.66. The van der Waals surface area contributed by atoms with Crippen molar-refractivity contribution in [1.29, 1.82) is 0 Å². The monoisotopic (exact) mass is 357 g/mol. The molecule has 2 aromatic carbocycles. The first-order valence-corrected chi connectivity index (χ1v) is 8.70. The fourth-order valence-corrected chi connectivity index (χ4v) is 3.05. The van der Waals surface area contributed by atoms with Gasteiger partial charge in [0.1, 0.15) is 6.54 Å². The van der Waals surface area contributed by atoms with Gasteiger partial charge in [0.15, 0.2) is 5.82 Å². The van der Waals surface area contributed by atoms with Gasteiger partial charge in [0.2, 0.25) is 0 Å². The smallest absolute Gasteiger partial charge is 0.325 e. The van der Waals surface area contributed by atoms with Crippen molar-refractivity contribution in [1.82, 2.24) is 14.5 Å². The van der Waals surface area contributed by atoms with Crippen LogP contribution in [0.3, 0.4) is 0 Å². The van der Waals surface area contributed by atoms with Crippen molar-refractivity contribution in [3.63, 3.8) is 0 Å². The first-order valence-electron chi connectivity index (χ1n) is 8.70. The van der Waals surface area contributed by atoms with Gasteiger partial charge in [0.25, 0.3) is 0 Å². The topological polar surface area (TPSA) is 57.0 Å². The molecule has 0 radical (unpaired) electrons. The lowest BCUT2D eigenvalue weighted by Gasteiger charge is -2.07. The summed E-state index contributed by atoms with van der Waals surface area (Å²) in [5.74, 6) is 0.372. The number of hydrogen-bond donors (Lipinski definition) is 0. The minimum absolute atomic E-state index is 0.174. The van der Waals surface area contributed by atoms with E-state index in [1.165, 1.54) is 12.7 Å². The molecular formula is C22H19N3O2. The summed E-state index contributed by atoms with van der Waals surface area (Å²) in [6, 6.07) is 18.2. The van der Waals surface area contributed by atoms with Gasteiger partial charge in [-0.15, -0.1) is 0 Å². The molecule has 0 unspecified atom stereocenters. The number of carbonyl (C=O) groups is 1. The van der Waals surface area contributed by atoms with Crippen molar-refractivity contribution in [3.8, 4) is 22.6 Å². The summed E-state index contributed by atoms with van der Waals surface area (Å²) >= 11 is 0. The molecule has 4 rings (SSSR count). The Labute approximate surface area is 157 Å². The zero-order valence-corrected chi connectivity index (χ0v) is 15.2. The number of ether oxygens (including phenoxy) is 1. The zero-order valence-electron chi connectivity index (χ0n) is 15.2. The lowest BCUT2D eigenvalue weighted by molar-refractivity contribution is -0.141. The van der Waals surface area contributed by atoms with Gasteiger partial charge in [0, 0.05) is 29.0 Å². The molecule has 27 heavy (non-hydrogen) atoms. The van der Waals surface area contributed by atoms with E-state index in [2.05, 4.69) is 36.2 Å². The van der Waals surface area contributed by atoms with Crippen LogP contribution in [0.5, 0.6) is 0 Å². The number of esters is 1. The van der Waals surface area contributed by atoms with Crippen LogP contribution < -0.4 is 0 Å². The van der Waals surface area contributed by atoms with Gasteiger partial charge in [-0.2, -0.15) is 0 Å². The Kier molecular flexibility index (Phi) is 4.42. The van der Waals surface area contributed by atoms with Crippen molar-refractivity contribution in [2.45, 2.75) is 13.5 Å². The number of hydrogen-bond acceptors (Lipinski definition) is 4. The van der Waals surface area contributed by atoms with Gasteiger partial charge in [-0.1, -0.05) is 42.0 Å². The molecular weight excluding hydrogens is 338 g/mol. The maximum absolute atomic E-state index is 11.6. The summed E-state index contributed by atoms with van der Waals surface area (Å²) in [7, 11) is 1.39. The minimum atomic E-state index is -0.282. The average molecular weight is 357 g/mol. The highest BCUT2D eigenvalue weighted by Gasteiger charge is 2.10. The van der Waals surface area contributed by atoms with Crippen molar-refractivity contribution >= 4 is 16.9 Å². The minimum Gasteiger partial charge on any atom is -0.468 e. The molecule has 2 heterocycles. The second-order valence-corrected chi connectivity index (χ2v) is 6.42. The van der Waals surface area contributed by atoms with Crippen LogP contribution in [-0.2, 0) is 16.1 Å². The van der Waals surface area contributed by atoms with Crippen LogP contribution >= 0.6 is 0 Å². The van der Waals surface area contributed by atoms with E-state index >= 15 is 0 Å². The normalized spacial score (nSPS) is 10.9. The number of methoxy groups -OCH3 is 1. The van der Waals surface area contributed by atoms with Gasteiger partial charge in [-0.25, -0.2) is 9.97 Å². The third kappa shape index (κ3) is 3.44. The number of rotatable bonds is 4. The van der Waals surface area contributed by atoms with Crippen molar-refractivity contribution < 1.29 is 9.53 Å². The van der Waals surface area contributed by atoms with Crippen LogP contribution in [0, 0.1) is 6.92 Å². The molecule has 0 spiro atoms. The average Bonchev–Trinajstić information content (AvgIpc) is 3.10. The second kappa shape index (κ2) is 7.03. The maximum atomic E-state index is 11.6. The molecule has 5 heteroatoms. The Hall–Kier alpha value is -3.47. The number of benzene rings is 2. The van der Waals surface area contributed by atoms with Gasteiger partial charge >= 0.3 is 5.97 Å². The van der Waals surface area contributed by atoms with Crippen LogP contribution in [0.2, 0.25) is 0 Å². The number of aromatic nitrogens is 3. The lowest BCUT2D eigenvalue weighted by atomic mass is 10.1. The molecule has 0 fully saturated rings. The summed E-state index contributed by atoms with van der Waals surface area (Å²) in [5, 5.41) is 1.05. The predicted molar refractivity (Wildman–Crippen MR) is 105 cm³/mol. The number of aryl methyl sites for hydroxylation is 1. The highest BCUT2D eigenvalue weighted by molar-refractivity contribution is 5.86.